The number of nitrogens with zero attached hydrogens (tertiary/aromatic N) is 1. The van der Waals surface area contributed by atoms with Crippen LogP contribution in [0.2, 0.25) is 0 Å². The number of benzene rings is 1. The van der Waals surface area contributed by atoms with Crippen molar-refractivity contribution in [2.45, 2.75) is 6.92 Å². The van der Waals surface area contributed by atoms with Crippen molar-refractivity contribution < 1.29 is 28.1 Å². The van der Waals surface area contributed by atoms with Crippen LogP contribution in [-0.2, 0) is 28.1 Å². The molecule has 1 radical (unpaired) electrons. The van der Waals surface area contributed by atoms with E-state index in [-0.39, 0.29) is 36.4 Å². The smallest absolute Gasteiger partial charge is 0.351 e. The normalized spacial score (nSPS) is 10.6. The van der Waals surface area contributed by atoms with Crippen LogP contribution in [0.25, 0.3) is 5.70 Å². The zero-order valence-corrected chi connectivity index (χ0v) is 10.8. The van der Waals surface area contributed by atoms with Crippen molar-refractivity contribution in [1.82, 2.24) is 0 Å². The van der Waals surface area contributed by atoms with Gasteiger partial charge in [0.2, 0.25) is 0 Å². The maximum absolute atomic E-state index is 11.4. The largest absolute Gasteiger partial charge is 0.462 e. The predicted molar refractivity (Wildman–Crippen MR) is 59.8 cm³/mol. The molecule has 87 valence electrons. The third-order valence-corrected chi connectivity index (χ3v) is 1.95. The molecule has 0 aliphatic rings. The Labute approximate surface area is 112 Å². The fourth-order valence-corrected chi connectivity index (χ4v) is 1.18. The van der Waals surface area contributed by atoms with E-state index in [9.17, 15) is 4.79 Å². The molecule has 0 saturated carbocycles. The number of nitriles is 1. The Bertz CT molecular complexity index is 449. The SMILES string of the molecule is CCOC(=O)/C(C#N)=C(/N)c1ccccc1.[V]. The van der Waals surface area contributed by atoms with Crippen LogP contribution >= 0.6 is 0 Å². The Morgan fingerprint density at radius 3 is 2.47 bits per heavy atom. The van der Waals surface area contributed by atoms with Crippen LogP contribution in [0.4, 0.5) is 0 Å². The van der Waals surface area contributed by atoms with E-state index in [1.807, 2.05) is 6.07 Å². The molecule has 1 rings (SSSR count). The van der Waals surface area contributed by atoms with Crippen LogP contribution in [0.1, 0.15) is 12.5 Å². The van der Waals surface area contributed by atoms with Crippen LogP contribution in [0.3, 0.4) is 0 Å². The first kappa shape index (κ1) is 15.3. The van der Waals surface area contributed by atoms with Crippen LogP contribution in [0.15, 0.2) is 35.9 Å². The van der Waals surface area contributed by atoms with E-state index in [1.54, 1.807) is 37.3 Å². The number of carbonyl (C=O) groups is 1. The maximum Gasteiger partial charge on any atom is 0.351 e. The summed E-state index contributed by atoms with van der Waals surface area (Å²) in [6, 6.07) is 10.6. The fraction of sp³-hybridized carbons (Fsp3) is 0.167. The number of hydrogen-bond acceptors (Lipinski definition) is 4. The summed E-state index contributed by atoms with van der Waals surface area (Å²) < 4.78 is 4.74. The molecule has 0 aromatic heterocycles. The van der Waals surface area contributed by atoms with E-state index in [2.05, 4.69) is 0 Å². The van der Waals surface area contributed by atoms with Gasteiger partial charge in [-0.2, -0.15) is 5.26 Å². The quantitative estimate of drug-likeness (QED) is 0.510. The summed E-state index contributed by atoms with van der Waals surface area (Å²) in [5, 5.41) is 8.87. The van der Waals surface area contributed by atoms with E-state index >= 15 is 0 Å². The van der Waals surface area contributed by atoms with Gasteiger partial charge >= 0.3 is 5.97 Å². The Morgan fingerprint density at radius 2 is 2.00 bits per heavy atom. The van der Waals surface area contributed by atoms with E-state index in [0.717, 1.165) is 0 Å². The summed E-state index contributed by atoms with van der Waals surface area (Å²) in [4.78, 5) is 11.4. The average Bonchev–Trinajstić information content (AvgIpc) is 2.31. The summed E-state index contributed by atoms with van der Waals surface area (Å²) in [5.74, 6) is -0.689. The maximum atomic E-state index is 11.4. The Hall–Kier alpha value is -1.70. The monoisotopic (exact) mass is 267 g/mol. The van der Waals surface area contributed by atoms with Gasteiger partial charge < -0.3 is 10.5 Å². The standard InChI is InChI=1S/C12H12N2O2.V/c1-2-16-12(15)10(8-13)11(14)9-6-4-3-5-7-9;/h3-7H,2,14H2,1H3;/b11-10+;. The zero-order valence-electron chi connectivity index (χ0n) is 9.38. The first-order valence-electron chi connectivity index (χ1n) is 4.83. The summed E-state index contributed by atoms with van der Waals surface area (Å²) in [6.07, 6.45) is 0. The molecule has 0 unspecified atom stereocenters. The number of rotatable bonds is 3. The summed E-state index contributed by atoms with van der Waals surface area (Å²) in [5.41, 5.74) is 6.35. The first-order chi connectivity index (χ1) is 7.70. The first-order valence-corrected chi connectivity index (χ1v) is 4.83. The molecule has 0 amide bonds. The molecule has 0 aliphatic carbocycles. The van der Waals surface area contributed by atoms with E-state index in [1.165, 1.54) is 0 Å². The average molecular weight is 267 g/mol. The molecule has 0 bridgehead atoms. The third-order valence-electron chi connectivity index (χ3n) is 1.95. The van der Waals surface area contributed by atoms with E-state index < -0.39 is 5.97 Å². The Kier molecular flexibility index (Phi) is 6.80. The number of hydrogen-bond donors (Lipinski definition) is 1. The van der Waals surface area contributed by atoms with Crippen molar-refractivity contribution >= 4 is 11.7 Å². The van der Waals surface area contributed by atoms with Gasteiger partial charge in [0.25, 0.3) is 0 Å². The second-order valence-electron chi connectivity index (χ2n) is 2.99. The van der Waals surface area contributed by atoms with Crippen LogP contribution in [0.5, 0.6) is 0 Å². The molecule has 2 N–H and O–H groups in total. The molecule has 0 atom stereocenters. The molecular weight excluding hydrogens is 255 g/mol. The number of ether oxygens (including phenoxy) is 1. The van der Waals surface area contributed by atoms with Crippen molar-refractivity contribution in [2.75, 3.05) is 6.61 Å². The van der Waals surface area contributed by atoms with Gasteiger partial charge in [0.15, 0.2) is 5.57 Å². The van der Waals surface area contributed by atoms with Gasteiger partial charge in [-0.05, 0) is 12.5 Å². The zero-order chi connectivity index (χ0) is 12.0. The van der Waals surface area contributed by atoms with E-state index in [4.69, 9.17) is 15.7 Å². The van der Waals surface area contributed by atoms with Gasteiger partial charge in [0, 0.05) is 18.6 Å². The molecule has 1 aromatic carbocycles. The molecule has 17 heavy (non-hydrogen) atoms. The van der Waals surface area contributed by atoms with Gasteiger partial charge in [0.1, 0.15) is 6.07 Å². The number of esters is 1. The Balaban J connectivity index is 0.00000256. The van der Waals surface area contributed by atoms with Gasteiger partial charge in [-0.25, -0.2) is 4.79 Å². The molecular formula is C12H12N2O2V. The Morgan fingerprint density at radius 1 is 1.41 bits per heavy atom. The second-order valence-corrected chi connectivity index (χ2v) is 2.99. The van der Waals surface area contributed by atoms with Crippen LogP contribution in [-0.4, -0.2) is 12.6 Å². The van der Waals surface area contributed by atoms with Gasteiger partial charge in [-0.3, -0.25) is 0 Å². The van der Waals surface area contributed by atoms with Gasteiger partial charge in [-0.15, -0.1) is 0 Å². The fourth-order valence-electron chi connectivity index (χ4n) is 1.18. The van der Waals surface area contributed by atoms with Crippen molar-refractivity contribution in [3.05, 3.63) is 41.5 Å². The van der Waals surface area contributed by atoms with Crippen LogP contribution < -0.4 is 5.73 Å². The van der Waals surface area contributed by atoms with Crippen molar-refractivity contribution in [3.63, 3.8) is 0 Å². The third kappa shape index (κ3) is 3.99. The summed E-state index contributed by atoms with van der Waals surface area (Å²) >= 11 is 0. The summed E-state index contributed by atoms with van der Waals surface area (Å²) in [7, 11) is 0. The minimum atomic E-state index is -0.689. The topological polar surface area (TPSA) is 76.1 Å². The van der Waals surface area contributed by atoms with Crippen molar-refractivity contribution in [3.8, 4) is 6.07 Å². The summed E-state index contributed by atoms with van der Waals surface area (Å²) in [6.45, 7) is 1.89. The predicted octanol–water partition coefficient (Wildman–Crippen LogP) is 1.44. The molecule has 0 fully saturated rings. The molecule has 0 saturated heterocycles. The molecule has 5 heteroatoms. The van der Waals surface area contributed by atoms with E-state index in [0.29, 0.717) is 5.56 Å². The minimum Gasteiger partial charge on any atom is -0.462 e. The molecule has 0 aliphatic heterocycles. The molecule has 1 aromatic rings. The van der Waals surface area contributed by atoms with Crippen LogP contribution in [0, 0.1) is 11.3 Å². The van der Waals surface area contributed by atoms with Gasteiger partial charge in [0.05, 0.1) is 12.3 Å². The second kappa shape index (κ2) is 7.56. The molecule has 0 heterocycles. The van der Waals surface area contributed by atoms with Crippen molar-refractivity contribution in [1.29, 1.82) is 5.26 Å². The van der Waals surface area contributed by atoms with Gasteiger partial charge in [-0.1, -0.05) is 30.3 Å². The van der Waals surface area contributed by atoms with Crippen molar-refractivity contribution in [2.24, 2.45) is 5.73 Å². The molecule has 0 spiro atoms. The molecule has 4 nitrogen and oxygen atoms in total. The number of carbonyl (C=O) groups excluding carboxylic acids is 1. The number of nitrogens with two attached hydrogens (primary N) is 1. The minimum absolute atomic E-state index is 0.